The molecule has 2 aromatic carbocycles. The summed E-state index contributed by atoms with van der Waals surface area (Å²) < 4.78 is 0. The van der Waals surface area contributed by atoms with Gasteiger partial charge in [0.05, 0.1) is 5.97 Å². The van der Waals surface area contributed by atoms with E-state index in [0.29, 0.717) is 5.56 Å². The van der Waals surface area contributed by atoms with E-state index < -0.39 is 5.97 Å². The molecule has 4 nitrogen and oxygen atoms in total. The second kappa shape index (κ2) is 6.68. The summed E-state index contributed by atoms with van der Waals surface area (Å²) >= 11 is 1.22. The zero-order valence-electron chi connectivity index (χ0n) is 12.9. The number of benzene rings is 2. The first-order chi connectivity index (χ1) is 11.6. The molecule has 24 heavy (non-hydrogen) atoms. The molecule has 3 rings (SSSR count). The van der Waals surface area contributed by atoms with E-state index in [9.17, 15) is 14.7 Å². The molecule has 0 bridgehead atoms. The van der Waals surface area contributed by atoms with Crippen LogP contribution in [0.1, 0.15) is 26.3 Å². The van der Waals surface area contributed by atoms with E-state index in [1.54, 1.807) is 12.1 Å². The van der Waals surface area contributed by atoms with Crippen LogP contribution in [0.25, 0.3) is 10.4 Å². The van der Waals surface area contributed by atoms with Crippen LogP contribution >= 0.6 is 11.3 Å². The van der Waals surface area contributed by atoms with Crippen LogP contribution in [0.5, 0.6) is 0 Å². The van der Waals surface area contributed by atoms with Crippen LogP contribution in [0.3, 0.4) is 0 Å². The number of hydrogen-bond acceptors (Lipinski definition) is 4. The number of thiophene rings is 1. The number of hydrogen-bond donors (Lipinski definition) is 1. The van der Waals surface area contributed by atoms with Gasteiger partial charge in [-0.15, -0.1) is 11.3 Å². The molecule has 0 radical (unpaired) electrons. The van der Waals surface area contributed by atoms with Crippen molar-refractivity contribution in [3.05, 3.63) is 77.4 Å². The third-order valence-electron chi connectivity index (χ3n) is 3.63. The fraction of sp³-hybridized carbons (Fsp3) is 0.0526. The van der Waals surface area contributed by atoms with Crippen LogP contribution < -0.4 is 10.4 Å². The van der Waals surface area contributed by atoms with Crippen molar-refractivity contribution >= 4 is 28.2 Å². The summed E-state index contributed by atoms with van der Waals surface area (Å²) in [5.74, 6) is -1.65. The molecule has 0 aliphatic heterocycles. The molecule has 1 heterocycles. The number of carbonyl (C=O) groups excluding carboxylic acids is 2. The molecule has 0 saturated heterocycles. The number of amides is 1. The van der Waals surface area contributed by atoms with Crippen LogP contribution in [0, 0.1) is 6.92 Å². The van der Waals surface area contributed by atoms with Crippen molar-refractivity contribution in [2.24, 2.45) is 0 Å². The van der Waals surface area contributed by atoms with E-state index in [0.717, 1.165) is 16.0 Å². The average Bonchev–Trinajstić information content (AvgIpc) is 3.00. The molecular formula is C19H14NO3S-. The predicted octanol–water partition coefficient (Wildman–Crippen LogP) is 3.34. The lowest BCUT2D eigenvalue weighted by Crippen LogP contribution is -2.23. The number of carbonyl (C=O) groups is 2. The highest BCUT2D eigenvalue weighted by Crippen LogP contribution is 2.35. The summed E-state index contributed by atoms with van der Waals surface area (Å²) in [4.78, 5) is 24.6. The van der Waals surface area contributed by atoms with E-state index in [2.05, 4.69) is 5.32 Å². The fourth-order valence-corrected chi connectivity index (χ4v) is 3.42. The summed E-state index contributed by atoms with van der Waals surface area (Å²) in [6, 6.07) is 18.1. The van der Waals surface area contributed by atoms with Gasteiger partial charge >= 0.3 is 0 Å². The highest BCUT2D eigenvalue weighted by Gasteiger charge is 2.15. The van der Waals surface area contributed by atoms with Gasteiger partial charge < -0.3 is 15.2 Å². The van der Waals surface area contributed by atoms with Crippen LogP contribution in [-0.2, 0) is 0 Å². The minimum Gasteiger partial charge on any atom is -0.545 e. The molecule has 1 amide bonds. The lowest BCUT2D eigenvalue weighted by Gasteiger charge is -2.08. The molecule has 5 heteroatoms. The van der Waals surface area contributed by atoms with Crippen molar-refractivity contribution in [3.63, 3.8) is 0 Å². The van der Waals surface area contributed by atoms with Gasteiger partial charge in [0.2, 0.25) is 0 Å². The van der Waals surface area contributed by atoms with Gasteiger partial charge in [0.15, 0.2) is 0 Å². The Kier molecular flexibility index (Phi) is 4.44. The summed E-state index contributed by atoms with van der Waals surface area (Å²) in [5.41, 5.74) is 2.21. The predicted molar refractivity (Wildman–Crippen MR) is 93.2 cm³/mol. The van der Waals surface area contributed by atoms with Crippen molar-refractivity contribution in [2.45, 2.75) is 6.92 Å². The lowest BCUT2D eigenvalue weighted by molar-refractivity contribution is -0.254. The molecule has 0 unspecified atom stereocenters. The Morgan fingerprint density at radius 1 is 0.958 bits per heavy atom. The maximum absolute atomic E-state index is 12.4. The molecule has 0 atom stereocenters. The van der Waals surface area contributed by atoms with E-state index in [1.807, 2.05) is 49.4 Å². The van der Waals surface area contributed by atoms with E-state index in [4.69, 9.17) is 0 Å². The Morgan fingerprint density at radius 2 is 1.62 bits per heavy atom. The molecule has 0 aliphatic rings. The molecule has 1 N–H and O–H groups in total. The molecule has 120 valence electrons. The molecule has 0 fully saturated rings. The van der Waals surface area contributed by atoms with Crippen molar-refractivity contribution < 1.29 is 14.7 Å². The SMILES string of the molecule is Cc1ccccc1C(=O)Nc1sc(-c2ccccc2)cc1C(=O)[O-]. The monoisotopic (exact) mass is 336 g/mol. The number of aromatic carboxylic acids is 1. The minimum atomic E-state index is -1.31. The first-order valence-corrected chi connectivity index (χ1v) is 8.15. The third kappa shape index (κ3) is 3.21. The topological polar surface area (TPSA) is 69.2 Å². The van der Waals surface area contributed by atoms with Gasteiger partial charge in [0.1, 0.15) is 5.00 Å². The first-order valence-electron chi connectivity index (χ1n) is 7.34. The van der Waals surface area contributed by atoms with Gasteiger partial charge in [0, 0.05) is 16.0 Å². The van der Waals surface area contributed by atoms with E-state index in [1.165, 1.54) is 17.4 Å². The number of carboxylic acids is 1. The van der Waals surface area contributed by atoms with E-state index in [-0.39, 0.29) is 16.5 Å². The standard InChI is InChI=1S/C19H15NO3S/c1-12-7-5-6-10-14(12)17(21)20-18-15(19(22)23)11-16(24-18)13-8-3-2-4-9-13/h2-11H,1H3,(H,20,21)(H,22,23)/p-1. The van der Waals surface area contributed by atoms with Gasteiger partial charge in [-0.1, -0.05) is 48.5 Å². The van der Waals surface area contributed by atoms with E-state index >= 15 is 0 Å². The van der Waals surface area contributed by atoms with Gasteiger partial charge in [-0.25, -0.2) is 0 Å². The number of aryl methyl sites for hydroxylation is 1. The Hall–Kier alpha value is -2.92. The maximum atomic E-state index is 12.4. The number of nitrogens with one attached hydrogen (secondary N) is 1. The van der Waals surface area contributed by atoms with Gasteiger partial charge in [-0.3, -0.25) is 4.79 Å². The van der Waals surface area contributed by atoms with Crippen molar-refractivity contribution in [1.29, 1.82) is 0 Å². The highest BCUT2D eigenvalue weighted by atomic mass is 32.1. The average molecular weight is 336 g/mol. The lowest BCUT2D eigenvalue weighted by atomic mass is 10.1. The van der Waals surface area contributed by atoms with Crippen LogP contribution in [-0.4, -0.2) is 11.9 Å². The maximum Gasteiger partial charge on any atom is 0.256 e. The smallest absolute Gasteiger partial charge is 0.256 e. The number of carboxylic acid groups (broad SMARTS) is 1. The zero-order chi connectivity index (χ0) is 17.1. The quantitative estimate of drug-likeness (QED) is 0.794. The van der Waals surface area contributed by atoms with Gasteiger partial charge in [-0.2, -0.15) is 0 Å². The fourth-order valence-electron chi connectivity index (χ4n) is 2.38. The van der Waals surface area contributed by atoms with Crippen LogP contribution in [0.4, 0.5) is 5.00 Å². The van der Waals surface area contributed by atoms with Crippen molar-refractivity contribution in [1.82, 2.24) is 0 Å². The Bertz CT molecular complexity index is 900. The summed E-state index contributed by atoms with van der Waals surface area (Å²) in [5, 5.41) is 14.4. The van der Waals surface area contributed by atoms with Crippen molar-refractivity contribution in [3.8, 4) is 10.4 Å². The molecule has 3 aromatic rings. The summed E-state index contributed by atoms with van der Waals surface area (Å²) in [7, 11) is 0. The summed E-state index contributed by atoms with van der Waals surface area (Å²) in [6.45, 7) is 1.83. The second-order valence-corrected chi connectivity index (χ2v) is 6.33. The van der Waals surface area contributed by atoms with Gasteiger partial charge in [-0.05, 0) is 30.2 Å². The first kappa shape index (κ1) is 16.0. The van der Waals surface area contributed by atoms with Crippen LogP contribution in [0.2, 0.25) is 0 Å². The Labute approximate surface area is 143 Å². The summed E-state index contributed by atoms with van der Waals surface area (Å²) in [6.07, 6.45) is 0. The molecule has 0 saturated carbocycles. The minimum absolute atomic E-state index is 0.0132. The molecule has 0 spiro atoms. The number of rotatable bonds is 4. The zero-order valence-corrected chi connectivity index (χ0v) is 13.7. The number of anilines is 1. The molecular weight excluding hydrogens is 322 g/mol. The molecule has 0 aliphatic carbocycles. The largest absolute Gasteiger partial charge is 0.545 e. The molecule has 1 aromatic heterocycles. The Balaban J connectivity index is 1.96. The normalized spacial score (nSPS) is 10.4. The van der Waals surface area contributed by atoms with Crippen LogP contribution in [0.15, 0.2) is 60.7 Å². The Morgan fingerprint density at radius 3 is 2.29 bits per heavy atom. The second-order valence-electron chi connectivity index (χ2n) is 5.28. The highest BCUT2D eigenvalue weighted by molar-refractivity contribution is 7.20. The van der Waals surface area contributed by atoms with Crippen molar-refractivity contribution in [2.75, 3.05) is 5.32 Å². The third-order valence-corrected chi connectivity index (χ3v) is 4.73. The van der Waals surface area contributed by atoms with Gasteiger partial charge in [0.25, 0.3) is 5.91 Å².